The van der Waals surface area contributed by atoms with Crippen molar-refractivity contribution in [3.05, 3.63) is 29.1 Å². The molecule has 1 aliphatic heterocycles. The molecule has 1 fully saturated rings. The highest BCUT2D eigenvalue weighted by Gasteiger charge is 2.34. The highest BCUT2D eigenvalue weighted by atomic mass is 19.1. The van der Waals surface area contributed by atoms with Crippen LogP contribution in [-0.2, 0) is 14.3 Å². The van der Waals surface area contributed by atoms with Gasteiger partial charge < -0.3 is 14.2 Å². The molecule has 2 rings (SSSR count). The zero-order chi connectivity index (χ0) is 15.6. The maximum atomic E-state index is 13.8. The topological polar surface area (TPSA) is 61.8 Å². The summed E-state index contributed by atoms with van der Waals surface area (Å²) in [5, 5.41) is 0. The second-order valence-electron chi connectivity index (χ2n) is 5.41. The van der Waals surface area contributed by atoms with Gasteiger partial charge in [0.2, 0.25) is 0 Å². The lowest BCUT2D eigenvalue weighted by atomic mass is 10.1. The van der Waals surface area contributed by atoms with E-state index in [2.05, 4.69) is 0 Å². The van der Waals surface area contributed by atoms with Gasteiger partial charge in [0.1, 0.15) is 0 Å². The van der Waals surface area contributed by atoms with Crippen LogP contribution in [0.25, 0.3) is 0 Å². The van der Waals surface area contributed by atoms with Crippen molar-refractivity contribution in [3.8, 4) is 5.75 Å². The second-order valence-corrected chi connectivity index (χ2v) is 5.41. The highest BCUT2D eigenvalue weighted by molar-refractivity contribution is 5.83. The summed E-state index contributed by atoms with van der Waals surface area (Å²) in [6.45, 7) is 5.39. The van der Waals surface area contributed by atoms with Crippen LogP contribution in [-0.4, -0.2) is 30.8 Å². The summed E-state index contributed by atoms with van der Waals surface area (Å²) in [7, 11) is 0. The Morgan fingerprint density at radius 2 is 2.24 bits per heavy atom. The van der Waals surface area contributed by atoms with Gasteiger partial charge in [-0.1, -0.05) is 0 Å². The number of hydrogen-bond acceptors (Lipinski definition) is 5. The van der Waals surface area contributed by atoms with Crippen molar-refractivity contribution in [2.24, 2.45) is 0 Å². The third-order valence-electron chi connectivity index (χ3n) is 3.02. The second kappa shape index (κ2) is 5.91. The van der Waals surface area contributed by atoms with Gasteiger partial charge in [-0.2, -0.15) is 0 Å². The number of aryl methyl sites for hydroxylation is 1. The summed E-state index contributed by atoms with van der Waals surface area (Å²) >= 11 is 0. The first kappa shape index (κ1) is 15.6. The van der Waals surface area contributed by atoms with E-state index < -0.39 is 23.7 Å². The third kappa shape index (κ3) is 3.86. The molecule has 5 nitrogen and oxygen atoms in total. The van der Waals surface area contributed by atoms with Crippen molar-refractivity contribution in [2.75, 3.05) is 6.61 Å². The molecule has 0 saturated carbocycles. The maximum absolute atomic E-state index is 13.8. The molecule has 1 aromatic carbocycles. The van der Waals surface area contributed by atoms with Crippen LogP contribution in [0.4, 0.5) is 4.39 Å². The lowest BCUT2D eigenvalue weighted by Gasteiger charge is -2.16. The lowest BCUT2D eigenvalue weighted by molar-refractivity contribution is -0.148. The number of aldehydes is 1. The number of benzene rings is 1. The molecule has 1 saturated heterocycles. The summed E-state index contributed by atoms with van der Waals surface area (Å²) in [5.74, 6) is -2.51. The number of halogens is 1. The summed E-state index contributed by atoms with van der Waals surface area (Å²) in [6.07, 6.45) is -0.0628. The van der Waals surface area contributed by atoms with Crippen LogP contribution in [0.2, 0.25) is 0 Å². The number of rotatable bonds is 4. The van der Waals surface area contributed by atoms with Gasteiger partial charge in [0.15, 0.2) is 23.6 Å². The maximum Gasteiger partial charge on any atom is 0.314 e. The third-order valence-corrected chi connectivity index (χ3v) is 3.02. The van der Waals surface area contributed by atoms with Gasteiger partial charge in [-0.15, -0.1) is 0 Å². The van der Waals surface area contributed by atoms with E-state index in [9.17, 15) is 14.0 Å². The van der Waals surface area contributed by atoms with Gasteiger partial charge in [-0.3, -0.25) is 9.59 Å². The zero-order valence-corrected chi connectivity index (χ0v) is 12.1. The molecule has 1 heterocycles. The molecular weight excluding hydrogens is 279 g/mol. The number of esters is 1. The Hall–Kier alpha value is -1.79. The van der Waals surface area contributed by atoms with Crippen LogP contribution in [0.5, 0.6) is 5.75 Å². The van der Waals surface area contributed by atoms with Crippen LogP contribution >= 0.6 is 0 Å². The van der Waals surface area contributed by atoms with Crippen LogP contribution in [0.3, 0.4) is 0 Å². The average molecular weight is 296 g/mol. The van der Waals surface area contributed by atoms with E-state index in [1.165, 1.54) is 12.1 Å². The number of carbonyl (C=O) groups excluding carboxylic acids is 2. The van der Waals surface area contributed by atoms with E-state index in [0.717, 1.165) is 0 Å². The molecule has 114 valence electrons. The minimum absolute atomic E-state index is 0.00442. The number of hydrogen-bond donors (Lipinski definition) is 0. The summed E-state index contributed by atoms with van der Waals surface area (Å²) in [4.78, 5) is 22.8. The van der Waals surface area contributed by atoms with Crippen LogP contribution < -0.4 is 4.74 Å². The van der Waals surface area contributed by atoms with Crippen LogP contribution in [0.1, 0.15) is 36.2 Å². The van der Waals surface area contributed by atoms with E-state index in [0.29, 0.717) is 11.8 Å². The quantitative estimate of drug-likeness (QED) is 0.485. The molecule has 0 N–H and O–H groups in total. The van der Waals surface area contributed by atoms with Gasteiger partial charge in [0.25, 0.3) is 0 Å². The molecule has 0 spiro atoms. The minimum atomic E-state index is -0.742. The predicted molar refractivity (Wildman–Crippen MR) is 71.7 cm³/mol. The Labute approximate surface area is 122 Å². The number of carbonyl (C=O) groups is 2. The first-order valence-corrected chi connectivity index (χ1v) is 6.58. The Bertz CT molecular complexity index is 567. The largest absolute Gasteiger partial charge is 0.423 e. The molecular formula is C15H17FO5. The molecule has 0 aliphatic carbocycles. The zero-order valence-electron chi connectivity index (χ0n) is 12.1. The van der Waals surface area contributed by atoms with Gasteiger partial charge in [-0.05, 0) is 38.5 Å². The van der Waals surface area contributed by atoms with Crippen molar-refractivity contribution in [1.82, 2.24) is 0 Å². The van der Waals surface area contributed by atoms with Crippen molar-refractivity contribution >= 4 is 12.3 Å². The van der Waals surface area contributed by atoms with Crippen molar-refractivity contribution in [3.63, 3.8) is 0 Å². The predicted octanol–water partition coefficient (Wildman–Crippen LogP) is 2.39. The first-order chi connectivity index (χ1) is 9.80. The molecule has 6 heteroatoms. The highest BCUT2D eigenvalue weighted by Crippen LogP contribution is 2.26. The first-order valence-electron chi connectivity index (χ1n) is 6.58. The number of ether oxygens (including phenoxy) is 3. The fourth-order valence-corrected chi connectivity index (χ4v) is 2.16. The van der Waals surface area contributed by atoms with E-state index in [-0.39, 0.29) is 24.3 Å². The Morgan fingerprint density at radius 1 is 1.52 bits per heavy atom. The van der Waals surface area contributed by atoms with Gasteiger partial charge in [0.05, 0.1) is 24.7 Å². The Balaban J connectivity index is 2.05. The summed E-state index contributed by atoms with van der Waals surface area (Å²) in [6, 6.07) is 2.66. The molecule has 0 amide bonds. The van der Waals surface area contributed by atoms with Gasteiger partial charge in [0, 0.05) is 0 Å². The average Bonchev–Trinajstić information content (AvgIpc) is 2.71. The molecule has 1 aromatic rings. The van der Waals surface area contributed by atoms with Gasteiger partial charge >= 0.3 is 5.97 Å². The molecule has 21 heavy (non-hydrogen) atoms. The van der Waals surface area contributed by atoms with E-state index in [1.54, 1.807) is 20.8 Å². The van der Waals surface area contributed by atoms with Crippen LogP contribution in [0.15, 0.2) is 12.1 Å². The smallest absolute Gasteiger partial charge is 0.314 e. The molecule has 0 bridgehead atoms. The molecule has 0 radical (unpaired) electrons. The fourth-order valence-electron chi connectivity index (χ4n) is 2.16. The summed E-state index contributed by atoms with van der Waals surface area (Å²) < 4.78 is 29.6. The molecule has 1 aliphatic rings. The molecule has 1 unspecified atom stereocenters. The summed E-state index contributed by atoms with van der Waals surface area (Å²) in [5.41, 5.74) is 0.577. The van der Waals surface area contributed by atoms with Crippen molar-refractivity contribution in [1.29, 1.82) is 0 Å². The van der Waals surface area contributed by atoms with Gasteiger partial charge in [-0.25, -0.2) is 4.39 Å². The van der Waals surface area contributed by atoms with E-state index in [1.807, 2.05) is 0 Å². The Morgan fingerprint density at radius 3 is 2.81 bits per heavy atom. The minimum Gasteiger partial charge on any atom is -0.423 e. The SMILES string of the molecule is Cc1cc(F)c(OC(=O)CC2COC(C)(C)O2)c(C=O)c1. The standard InChI is InChI=1S/C15H17FO5/c1-9-4-10(7-17)14(12(16)5-9)20-13(18)6-11-8-19-15(2,3)21-11/h4-5,7,11H,6,8H2,1-3H3. The normalized spacial score (nSPS) is 20.3. The molecule has 0 aromatic heterocycles. The molecule has 1 atom stereocenters. The van der Waals surface area contributed by atoms with Crippen LogP contribution in [0, 0.1) is 12.7 Å². The van der Waals surface area contributed by atoms with Crippen molar-refractivity contribution < 1.29 is 28.2 Å². The monoisotopic (exact) mass is 296 g/mol. The lowest BCUT2D eigenvalue weighted by Crippen LogP contribution is -2.24. The Kier molecular flexibility index (Phi) is 4.39. The fraction of sp³-hybridized carbons (Fsp3) is 0.467. The van der Waals surface area contributed by atoms with E-state index in [4.69, 9.17) is 14.2 Å². The van der Waals surface area contributed by atoms with E-state index >= 15 is 0 Å². The van der Waals surface area contributed by atoms with Crippen molar-refractivity contribution in [2.45, 2.75) is 39.1 Å².